The van der Waals surface area contributed by atoms with Crippen LogP contribution in [0.25, 0.3) is 0 Å². The average molecular weight is 180 g/mol. The Morgan fingerprint density at radius 2 is 2.42 bits per heavy atom. The fraction of sp³-hybridized carbons (Fsp3) is 0.444. The van der Waals surface area contributed by atoms with Crippen molar-refractivity contribution in [2.75, 3.05) is 7.05 Å². The summed E-state index contributed by atoms with van der Waals surface area (Å²) in [5.41, 5.74) is 0. The molecular formula is C9H12N2S. The highest BCUT2D eigenvalue weighted by Gasteiger charge is 2.19. The molecule has 2 heterocycles. The van der Waals surface area contributed by atoms with E-state index in [1.807, 2.05) is 29.6 Å². The molecule has 0 saturated carbocycles. The van der Waals surface area contributed by atoms with Gasteiger partial charge in [0, 0.05) is 29.4 Å². The summed E-state index contributed by atoms with van der Waals surface area (Å²) in [5, 5.41) is 6.25. The molecule has 0 bridgehead atoms. The molecule has 1 atom stereocenters. The summed E-state index contributed by atoms with van der Waals surface area (Å²) >= 11 is 1.87. The van der Waals surface area contributed by atoms with Crippen LogP contribution in [0.15, 0.2) is 17.2 Å². The van der Waals surface area contributed by atoms with E-state index in [0.717, 1.165) is 6.42 Å². The van der Waals surface area contributed by atoms with Crippen LogP contribution in [0.5, 0.6) is 0 Å². The zero-order chi connectivity index (χ0) is 8.55. The second-order valence-electron chi connectivity index (χ2n) is 3.07. The molecular weight excluding hydrogens is 168 g/mol. The number of hydrazone groups is 1. The second kappa shape index (κ2) is 2.90. The number of nitrogens with zero attached hydrogens (tertiary/aromatic N) is 2. The van der Waals surface area contributed by atoms with Gasteiger partial charge in [0.25, 0.3) is 0 Å². The monoisotopic (exact) mass is 180 g/mol. The number of hydrogen-bond donors (Lipinski definition) is 0. The maximum absolute atomic E-state index is 4.22. The lowest BCUT2D eigenvalue weighted by molar-refractivity contribution is 0.294. The molecule has 0 aliphatic carbocycles. The first-order valence-corrected chi connectivity index (χ1v) is 4.90. The molecule has 2 nitrogen and oxygen atoms in total. The maximum atomic E-state index is 4.22. The SMILES string of the molecule is Cc1ccc(C2CC=NN2C)s1. The van der Waals surface area contributed by atoms with Gasteiger partial charge < -0.3 is 0 Å². The normalized spacial score (nSPS) is 22.2. The standard InChI is InChI=1S/C9H12N2S/c1-7-3-4-9(12-7)8-5-6-10-11(8)2/h3-4,6,8H,5H2,1-2H3. The van der Waals surface area contributed by atoms with E-state index in [1.54, 1.807) is 0 Å². The van der Waals surface area contributed by atoms with Crippen molar-refractivity contribution in [3.05, 3.63) is 21.9 Å². The first kappa shape index (κ1) is 7.80. The van der Waals surface area contributed by atoms with Gasteiger partial charge in [-0.25, -0.2) is 0 Å². The van der Waals surface area contributed by atoms with Crippen LogP contribution in [0, 0.1) is 6.92 Å². The van der Waals surface area contributed by atoms with Crippen LogP contribution in [0.1, 0.15) is 22.2 Å². The minimum atomic E-state index is 0.490. The summed E-state index contributed by atoms with van der Waals surface area (Å²) in [5.74, 6) is 0. The Labute approximate surface area is 76.5 Å². The predicted molar refractivity (Wildman–Crippen MR) is 52.7 cm³/mol. The van der Waals surface area contributed by atoms with Crippen molar-refractivity contribution in [1.29, 1.82) is 0 Å². The Morgan fingerprint density at radius 3 is 2.92 bits per heavy atom. The highest BCUT2D eigenvalue weighted by atomic mass is 32.1. The van der Waals surface area contributed by atoms with E-state index in [2.05, 4.69) is 24.2 Å². The molecule has 1 aliphatic heterocycles. The molecule has 0 aromatic carbocycles. The summed E-state index contributed by atoms with van der Waals surface area (Å²) in [7, 11) is 2.03. The predicted octanol–water partition coefficient (Wildman–Crippen LogP) is 2.42. The van der Waals surface area contributed by atoms with Gasteiger partial charge in [-0.1, -0.05) is 0 Å². The number of aryl methyl sites for hydroxylation is 1. The van der Waals surface area contributed by atoms with Gasteiger partial charge in [0.15, 0.2) is 0 Å². The molecule has 0 N–H and O–H groups in total. The lowest BCUT2D eigenvalue weighted by Gasteiger charge is -2.16. The van der Waals surface area contributed by atoms with E-state index < -0.39 is 0 Å². The van der Waals surface area contributed by atoms with Gasteiger partial charge in [-0.15, -0.1) is 11.3 Å². The van der Waals surface area contributed by atoms with Gasteiger partial charge in [-0.05, 0) is 19.1 Å². The summed E-state index contributed by atoms with van der Waals surface area (Å²) in [6.07, 6.45) is 3.04. The van der Waals surface area contributed by atoms with E-state index in [-0.39, 0.29) is 0 Å². The average Bonchev–Trinajstić information content (AvgIpc) is 2.58. The van der Waals surface area contributed by atoms with Crippen LogP contribution in [0.4, 0.5) is 0 Å². The van der Waals surface area contributed by atoms with Gasteiger partial charge >= 0.3 is 0 Å². The third kappa shape index (κ3) is 1.25. The van der Waals surface area contributed by atoms with Crippen LogP contribution in [-0.2, 0) is 0 Å². The second-order valence-corrected chi connectivity index (χ2v) is 4.39. The van der Waals surface area contributed by atoms with Crippen LogP contribution < -0.4 is 0 Å². The third-order valence-electron chi connectivity index (χ3n) is 2.13. The fourth-order valence-electron chi connectivity index (χ4n) is 1.44. The molecule has 1 aromatic rings. The van der Waals surface area contributed by atoms with Gasteiger partial charge in [0.1, 0.15) is 0 Å². The number of thiophene rings is 1. The summed E-state index contributed by atoms with van der Waals surface area (Å²) in [6, 6.07) is 4.87. The minimum Gasteiger partial charge on any atom is -0.292 e. The highest BCUT2D eigenvalue weighted by Crippen LogP contribution is 2.31. The molecule has 1 unspecified atom stereocenters. The lowest BCUT2D eigenvalue weighted by Crippen LogP contribution is -2.12. The Kier molecular flexibility index (Phi) is 1.89. The molecule has 0 amide bonds. The summed E-state index contributed by atoms with van der Waals surface area (Å²) < 4.78 is 0. The molecule has 1 aliphatic rings. The molecule has 2 rings (SSSR count). The molecule has 3 heteroatoms. The number of hydrogen-bond acceptors (Lipinski definition) is 3. The van der Waals surface area contributed by atoms with Crippen LogP contribution in [-0.4, -0.2) is 18.3 Å². The Balaban J connectivity index is 2.21. The van der Waals surface area contributed by atoms with Crippen molar-refractivity contribution in [3.63, 3.8) is 0 Å². The van der Waals surface area contributed by atoms with Crippen LogP contribution >= 0.6 is 11.3 Å². The molecule has 0 radical (unpaired) electrons. The smallest absolute Gasteiger partial charge is 0.0858 e. The Bertz CT molecular complexity index is 303. The van der Waals surface area contributed by atoms with Crippen molar-refractivity contribution in [1.82, 2.24) is 5.01 Å². The number of rotatable bonds is 1. The van der Waals surface area contributed by atoms with Crippen LogP contribution in [0.2, 0.25) is 0 Å². The zero-order valence-electron chi connectivity index (χ0n) is 7.32. The zero-order valence-corrected chi connectivity index (χ0v) is 8.14. The minimum absolute atomic E-state index is 0.490. The van der Waals surface area contributed by atoms with Gasteiger partial charge in [0.05, 0.1) is 6.04 Å². The first-order chi connectivity index (χ1) is 5.77. The molecule has 0 saturated heterocycles. The third-order valence-corrected chi connectivity index (χ3v) is 3.24. The van der Waals surface area contributed by atoms with Crippen molar-refractivity contribution < 1.29 is 0 Å². The summed E-state index contributed by atoms with van der Waals surface area (Å²) in [6.45, 7) is 2.14. The summed E-state index contributed by atoms with van der Waals surface area (Å²) in [4.78, 5) is 2.80. The van der Waals surface area contributed by atoms with Crippen molar-refractivity contribution in [2.24, 2.45) is 5.10 Å². The Morgan fingerprint density at radius 1 is 1.58 bits per heavy atom. The van der Waals surface area contributed by atoms with Crippen molar-refractivity contribution >= 4 is 17.6 Å². The molecule has 64 valence electrons. The molecule has 0 fully saturated rings. The van der Waals surface area contributed by atoms with E-state index in [1.165, 1.54) is 9.75 Å². The van der Waals surface area contributed by atoms with E-state index >= 15 is 0 Å². The van der Waals surface area contributed by atoms with E-state index in [0.29, 0.717) is 6.04 Å². The van der Waals surface area contributed by atoms with E-state index in [9.17, 15) is 0 Å². The largest absolute Gasteiger partial charge is 0.292 e. The quantitative estimate of drug-likeness (QED) is 0.648. The molecule has 12 heavy (non-hydrogen) atoms. The fourth-order valence-corrected chi connectivity index (χ4v) is 2.47. The van der Waals surface area contributed by atoms with Gasteiger partial charge in [-0.3, -0.25) is 5.01 Å². The van der Waals surface area contributed by atoms with E-state index in [4.69, 9.17) is 0 Å². The van der Waals surface area contributed by atoms with Crippen molar-refractivity contribution in [3.8, 4) is 0 Å². The molecule has 0 spiro atoms. The van der Waals surface area contributed by atoms with Gasteiger partial charge in [-0.2, -0.15) is 5.10 Å². The van der Waals surface area contributed by atoms with Gasteiger partial charge in [0.2, 0.25) is 0 Å². The Hall–Kier alpha value is -0.830. The van der Waals surface area contributed by atoms with Crippen LogP contribution in [0.3, 0.4) is 0 Å². The highest BCUT2D eigenvalue weighted by molar-refractivity contribution is 7.12. The first-order valence-electron chi connectivity index (χ1n) is 4.09. The topological polar surface area (TPSA) is 15.6 Å². The van der Waals surface area contributed by atoms with Crippen molar-refractivity contribution in [2.45, 2.75) is 19.4 Å². The lowest BCUT2D eigenvalue weighted by atomic mass is 10.2. The molecule has 1 aromatic heterocycles. The maximum Gasteiger partial charge on any atom is 0.0858 e.